The van der Waals surface area contributed by atoms with E-state index in [0.717, 1.165) is 5.39 Å². The minimum absolute atomic E-state index is 0.0708. The maximum atomic E-state index is 14.2. The molecule has 0 spiro atoms. The second-order valence-electron chi connectivity index (χ2n) is 8.86. The molecule has 8 heteroatoms. The minimum Gasteiger partial charge on any atom is -0.386 e. The summed E-state index contributed by atoms with van der Waals surface area (Å²) in [5.41, 5.74) is 1.79. The number of ether oxygens (including phenoxy) is 1. The molecular weight excluding hydrogens is 435 g/mol. The van der Waals surface area contributed by atoms with Gasteiger partial charge in [-0.25, -0.2) is 14.4 Å². The van der Waals surface area contributed by atoms with Crippen LogP contribution in [0.15, 0.2) is 61.1 Å². The standard InChI is InChI=1S/C26H25FN4O3/c1-26(2,33)21-16-31(25-28-14-18(15-29-25)19-5-3-4-6-22(19)27)23-13-17(7-8-20(21)23)24(32)30-9-11-34-12-10-30/h3-8,13-16,33H,9-12H2,1-2H3. The fraction of sp³-hybridized carbons (Fsp3) is 0.269. The van der Waals surface area contributed by atoms with Crippen molar-refractivity contribution in [2.45, 2.75) is 19.4 Å². The maximum Gasteiger partial charge on any atom is 0.254 e. The van der Waals surface area contributed by atoms with Gasteiger partial charge in [0.1, 0.15) is 5.82 Å². The molecule has 1 N–H and O–H groups in total. The van der Waals surface area contributed by atoms with Gasteiger partial charge in [0.05, 0.1) is 24.3 Å². The molecule has 2 aromatic carbocycles. The van der Waals surface area contributed by atoms with Crippen LogP contribution in [0.4, 0.5) is 4.39 Å². The number of aliphatic hydroxyl groups is 1. The van der Waals surface area contributed by atoms with Crippen molar-refractivity contribution in [2.75, 3.05) is 26.3 Å². The summed E-state index contributed by atoms with van der Waals surface area (Å²) in [5, 5.41) is 11.6. The number of fused-ring (bicyclic) bond motifs is 1. The van der Waals surface area contributed by atoms with Crippen molar-refractivity contribution in [3.05, 3.63) is 78.0 Å². The Kier molecular flexibility index (Phi) is 5.63. The third kappa shape index (κ3) is 4.06. The maximum absolute atomic E-state index is 14.2. The number of carbonyl (C=O) groups is 1. The molecule has 2 aromatic heterocycles. The number of carbonyl (C=O) groups excluding carboxylic acids is 1. The SMILES string of the molecule is CC(C)(O)c1cn(-c2ncc(-c3ccccc3F)cn2)c2cc(C(=O)N3CCOCC3)ccc12. The Morgan fingerprint density at radius 2 is 1.79 bits per heavy atom. The molecule has 34 heavy (non-hydrogen) atoms. The van der Waals surface area contributed by atoms with E-state index in [4.69, 9.17) is 4.74 Å². The van der Waals surface area contributed by atoms with Gasteiger partial charge in [-0.1, -0.05) is 24.3 Å². The Balaban J connectivity index is 1.59. The first-order valence-electron chi connectivity index (χ1n) is 11.2. The Bertz CT molecular complexity index is 1350. The first kappa shape index (κ1) is 22.2. The van der Waals surface area contributed by atoms with Crippen LogP contribution in [-0.4, -0.2) is 56.8 Å². The van der Waals surface area contributed by atoms with Crippen molar-refractivity contribution in [3.8, 4) is 17.1 Å². The summed E-state index contributed by atoms with van der Waals surface area (Å²) < 4.78 is 21.3. The van der Waals surface area contributed by atoms with Gasteiger partial charge in [-0.15, -0.1) is 0 Å². The monoisotopic (exact) mass is 460 g/mol. The van der Waals surface area contributed by atoms with Gasteiger partial charge >= 0.3 is 0 Å². The highest BCUT2D eigenvalue weighted by Gasteiger charge is 2.25. The third-order valence-corrected chi connectivity index (χ3v) is 6.05. The number of rotatable bonds is 4. The van der Waals surface area contributed by atoms with Crippen LogP contribution >= 0.6 is 0 Å². The van der Waals surface area contributed by atoms with Crippen LogP contribution in [0, 0.1) is 5.82 Å². The molecule has 1 aliphatic heterocycles. The number of halogens is 1. The molecule has 0 aliphatic carbocycles. The van der Waals surface area contributed by atoms with Gasteiger partial charge in [0.25, 0.3) is 5.91 Å². The Hall–Kier alpha value is -3.62. The lowest BCUT2D eigenvalue weighted by atomic mass is 9.97. The number of hydrogen-bond donors (Lipinski definition) is 1. The molecule has 3 heterocycles. The molecule has 0 saturated carbocycles. The van der Waals surface area contributed by atoms with Crippen LogP contribution in [-0.2, 0) is 10.3 Å². The zero-order chi connectivity index (χ0) is 23.9. The Morgan fingerprint density at radius 1 is 1.09 bits per heavy atom. The fourth-order valence-corrected chi connectivity index (χ4v) is 4.24. The fourth-order valence-electron chi connectivity index (χ4n) is 4.24. The lowest BCUT2D eigenvalue weighted by molar-refractivity contribution is 0.0303. The van der Waals surface area contributed by atoms with Gasteiger partial charge in [-0.3, -0.25) is 9.36 Å². The van der Waals surface area contributed by atoms with Crippen molar-refractivity contribution in [1.82, 2.24) is 19.4 Å². The molecule has 0 bridgehead atoms. The Morgan fingerprint density at radius 3 is 2.47 bits per heavy atom. The zero-order valence-corrected chi connectivity index (χ0v) is 19.0. The average Bonchev–Trinajstić information content (AvgIpc) is 3.24. The molecule has 4 aromatic rings. The molecule has 1 aliphatic rings. The van der Waals surface area contributed by atoms with E-state index in [1.807, 2.05) is 6.07 Å². The van der Waals surface area contributed by atoms with Crippen LogP contribution in [0.1, 0.15) is 29.8 Å². The van der Waals surface area contributed by atoms with Crippen molar-refractivity contribution < 1.29 is 19.0 Å². The second kappa shape index (κ2) is 8.62. The van der Waals surface area contributed by atoms with E-state index in [1.165, 1.54) is 6.07 Å². The van der Waals surface area contributed by atoms with Crippen LogP contribution < -0.4 is 0 Å². The Labute approximate surface area is 196 Å². The number of morpholine rings is 1. The van der Waals surface area contributed by atoms with E-state index >= 15 is 0 Å². The first-order valence-corrected chi connectivity index (χ1v) is 11.2. The quantitative estimate of drug-likeness (QED) is 0.499. The summed E-state index contributed by atoms with van der Waals surface area (Å²) in [6, 6.07) is 11.9. The van der Waals surface area contributed by atoms with Gasteiger partial charge in [0.2, 0.25) is 5.95 Å². The van der Waals surface area contributed by atoms with Gasteiger partial charge in [-0.2, -0.15) is 0 Å². The van der Waals surface area contributed by atoms with E-state index in [2.05, 4.69) is 9.97 Å². The minimum atomic E-state index is -1.12. The van der Waals surface area contributed by atoms with Gasteiger partial charge < -0.3 is 14.7 Å². The number of nitrogens with zero attached hydrogens (tertiary/aromatic N) is 4. The summed E-state index contributed by atoms with van der Waals surface area (Å²) in [5.74, 6) is -0.0593. The summed E-state index contributed by atoms with van der Waals surface area (Å²) in [4.78, 5) is 23.8. The topological polar surface area (TPSA) is 80.5 Å². The van der Waals surface area contributed by atoms with Crippen LogP contribution in [0.25, 0.3) is 28.0 Å². The summed E-state index contributed by atoms with van der Waals surface area (Å²) in [7, 11) is 0. The molecule has 1 amide bonds. The molecular formula is C26H25FN4O3. The normalized spacial score (nSPS) is 14.5. The second-order valence-corrected chi connectivity index (χ2v) is 8.86. The smallest absolute Gasteiger partial charge is 0.254 e. The highest BCUT2D eigenvalue weighted by molar-refractivity contribution is 5.99. The van der Waals surface area contributed by atoms with Crippen LogP contribution in [0.5, 0.6) is 0 Å². The van der Waals surface area contributed by atoms with Gasteiger partial charge in [-0.05, 0) is 32.0 Å². The van der Waals surface area contributed by atoms with E-state index in [1.54, 1.807) is 72.2 Å². The van der Waals surface area contributed by atoms with Gasteiger partial charge in [0.15, 0.2) is 0 Å². The van der Waals surface area contributed by atoms with Crippen molar-refractivity contribution >= 4 is 16.8 Å². The number of aromatic nitrogens is 3. The summed E-state index contributed by atoms with van der Waals surface area (Å²) in [6.07, 6.45) is 4.92. The predicted molar refractivity (Wildman–Crippen MR) is 126 cm³/mol. The molecule has 0 atom stereocenters. The van der Waals surface area contributed by atoms with E-state index in [0.29, 0.717) is 60.0 Å². The molecule has 0 unspecified atom stereocenters. The zero-order valence-electron chi connectivity index (χ0n) is 19.0. The number of amides is 1. The summed E-state index contributed by atoms with van der Waals surface area (Å²) >= 11 is 0. The lowest BCUT2D eigenvalue weighted by Gasteiger charge is -2.27. The largest absolute Gasteiger partial charge is 0.386 e. The van der Waals surface area contributed by atoms with Crippen LogP contribution in [0.2, 0.25) is 0 Å². The third-order valence-electron chi connectivity index (χ3n) is 6.05. The first-order chi connectivity index (χ1) is 16.3. The highest BCUT2D eigenvalue weighted by atomic mass is 19.1. The average molecular weight is 461 g/mol. The molecule has 7 nitrogen and oxygen atoms in total. The van der Waals surface area contributed by atoms with Crippen molar-refractivity contribution in [1.29, 1.82) is 0 Å². The predicted octanol–water partition coefficient (Wildman–Crippen LogP) is 3.93. The molecule has 1 saturated heterocycles. The van der Waals surface area contributed by atoms with E-state index in [9.17, 15) is 14.3 Å². The molecule has 1 fully saturated rings. The van der Waals surface area contributed by atoms with Crippen molar-refractivity contribution in [3.63, 3.8) is 0 Å². The lowest BCUT2D eigenvalue weighted by Crippen LogP contribution is -2.40. The number of benzene rings is 2. The van der Waals surface area contributed by atoms with Crippen LogP contribution in [0.3, 0.4) is 0 Å². The highest BCUT2D eigenvalue weighted by Crippen LogP contribution is 2.33. The molecule has 5 rings (SSSR count). The van der Waals surface area contributed by atoms with E-state index < -0.39 is 5.60 Å². The molecule has 174 valence electrons. The van der Waals surface area contributed by atoms with Crippen molar-refractivity contribution in [2.24, 2.45) is 0 Å². The molecule has 0 radical (unpaired) electrons. The summed E-state index contributed by atoms with van der Waals surface area (Å²) in [6.45, 7) is 5.56. The number of hydrogen-bond acceptors (Lipinski definition) is 5. The van der Waals surface area contributed by atoms with E-state index in [-0.39, 0.29) is 11.7 Å². The van der Waals surface area contributed by atoms with Gasteiger partial charge in [0, 0.05) is 59.3 Å².